The van der Waals surface area contributed by atoms with Gasteiger partial charge in [0.25, 0.3) is 6.01 Å². The van der Waals surface area contributed by atoms with Gasteiger partial charge in [-0.15, -0.1) is 0 Å². The van der Waals surface area contributed by atoms with Gasteiger partial charge in [-0.2, -0.15) is 4.98 Å². The molecule has 2 aromatic carbocycles. The number of oxazole rings is 1. The number of aromatic carboxylic acids is 1. The maximum atomic E-state index is 10.9. The van der Waals surface area contributed by atoms with Crippen molar-refractivity contribution in [1.29, 1.82) is 0 Å². The molecule has 1 saturated heterocycles. The molecule has 0 spiro atoms. The van der Waals surface area contributed by atoms with E-state index in [1.807, 2.05) is 36.4 Å². The summed E-state index contributed by atoms with van der Waals surface area (Å²) < 4.78 is 5.84. The summed E-state index contributed by atoms with van der Waals surface area (Å²) in [6.45, 7) is 4.38. The van der Waals surface area contributed by atoms with Crippen LogP contribution in [-0.2, 0) is 6.54 Å². The van der Waals surface area contributed by atoms with Crippen molar-refractivity contribution in [1.82, 2.24) is 9.88 Å². The number of carbonyl (C=O) groups is 1. The fourth-order valence-electron chi connectivity index (χ4n) is 3.10. The van der Waals surface area contributed by atoms with Crippen LogP contribution in [0.2, 0.25) is 0 Å². The summed E-state index contributed by atoms with van der Waals surface area (Å²) in [6.07, 6.45) is 0. The van der Waals surface area contributed by atoms with Crippen molar-refractivity contribution in [2.24, 2.45) is 0 Å². The van der Waals surface area contributed by atoms with E-state index in [2.05, 4.69) is 14.8 Å². The average molecular weight is 337 g/mol. The van der Waals surface area contributed by atoms with Crippen LogP contribution in [0.5, 0.6) is 0 Å². The lowest BCUT2D eigenvalue weighted by atomic mass is 10.1. The van der Waals surface area contributed by atoms with Crippen molar-refractivity contribution in [3.8, 4) is 0 Å². The largest absolute Gasteiger partial charge is 0.478 e. The highest BCUT2D eigenvalue weighted by molar-refractivity contribution is 5.87. The zero-order valence-electron chi connectivity index (χ0n) is 13.8. The maximum absolute atomic E-state index is 10.9. The Labute approximate surface area is 145 Å². The molecule has 6 nitrogen and oxygen atoms in total. The number of carboxylic acids is 1. The van der Waals surface area contributed by atoms with E-state index >= 15 is 0 Å². The van der Waals surface area contributed by atoms with Gasteiger partial charge in [-0.05, 0) is 29.8 Å². The number of anilines is 1. The Balaban J connectivity index is 1.37. The Bertz CT molecular complexity index is 847. The summed E-state index contributed by atoms with van der Waals surface area (Å²) in [5, 5.41) is 8.96. The van der Waals surface area contributed by atoms with Gasteiger partial charge in [0.15, 0.2) is 5.58 Å². The van der Waals surface area contributed by atoms with Gasteiger partial charge < -0.3 is 14.4 Å². The second-order valence-corrected chi connectivity index (χ2v) is 6.23. The van der Waals surface area contributed by atoms with Crippen LogP contribution in [0.15, 0.2) is 52.9 Å². The highest BCUT2D eigenvalue weighted by Gasteiger charge is 2.21. The molecule has 6 heteroatoms. The van der Waals surface area contributed by atoms with Crippen LogP contribution >= 0.6 is 0 Å². The van der Waals surface area contributed by atoms with E-state index in [0.717, 1.165) is 49.4 Å². The van der Waals surface area contributed by atoms with Gasteiger partial charge in [0, 0.05) is 32.7 Å². The number of rotatable bonds is 4. The molecule has 0 radical (unpaired) electrons. The quantitative estimate of drug-likeness (QED) is 0.789. The third kappa shape index (κ3) is 3.34. The number of carboxylic acid groups (broad SMARTS) is 1. The molecule has 0 amide bonds. The Kier molecular flexibility index (Phi) is 4.11. The molecular formula is C19H19N3O3. The first-order valence-electron chi connectivity index (χ1n) is 8.34. The molecule has 1 N–H and O–H groups in total. The van der Waals surface area contributed by atoms with Crippen molar-refractivity contribution in [3.63, 3.8) is 0 Å². The van der Waals surface area contributed by atoms with Crippen molar-refractivity contribution >= 4 is 23.1 Å². The van der Waals surface area contributed by atoms with E-state index in [0.29, 0.717) is 11.6 Å². The first-order valence-corrected chi connectivity index (χ1v) is 8.34. The van der Waals surface area contributed by atoms with Gasteiger partial charge in [-0.3, -0.25) is 4.90 Å². The third-order valence-electron chi connectivity index (χ3n) is 4.53. The third-order valence-corrected chi connectivity index (χ3v) is 4.53. The number of aromatic nitrogens is 1. The van der Waals surface area contributed by atoms with E-state index in [4.69, 9.17) is 9.52 Å². The number of fused-ring (bicyclic) bond motifs is 1. The number of hydrogen-bond donors (Lipinski definition) is 1. The molecule has 0 saturated carbocycles. The van der Waals surface area contributed by atoms with Crippen LogP contribution in [0.1, 0.15) is 15.9 Å². The fraction of sp³-hybridized carbons (Fsp3) is 0.263. The molecule has 0 atom stereocenters. The molecule has 0 bridgehead atoms. The van der Waals surface area contributed by atoms with Gasteiger partial charge in [0.05, 0.1) is 5.56 Å². The summed E-state index contributed by atoms with van der Waals surface area (Å²) in [6, 6.07) is 15.6. The summed E-state index contributed by atoms with van der Waals surface area (Å²) in [7, 11) is 0. The number of para-hydroxylation sites is 2. The zero-order chi connectivity index (χ0) is 17.2. The number of hydrogen-bond acceptors (Lipinski definition) is 5. The van der Waals surface area contributed by atoms with Crippen LogP contribution in [-0.4, -0.2) is 47.1 Å². The van der Waals surface area contributed by atoms with Crippen LogP contribution in [0.4, 0.5) is 6.01 Å². The number of nitrogens with zero attached hydrogens (tertiary/aromatic N) is 3. The van der Waals surface area contributed by atoms with E-state index in [9.17, 15) is 4.79 Å². The molecule has 128 valence electrons. The van der Waals surface area contributed by atoms with Crippen molar-refractivity contribution in [2.45, 2.75) is 6.54 Å². The molecular weight excluding hydrogens is 318 g/mol. The van der Waals surface area contributed by atoms with Crippen LogP contribution in [0, 0.1) is 0 Å². The van der Waals surface area contributed by atoms with Crippen molar-refractivity contribution < 1.29 is 14.3 Å². The van der Waals surface area contributed by atoms with E-state index < -0.39 is 5.97 Å². The lowest BCUT2D eigenvalue weighted by Crippen LogP contribution is -2.46. The molecule has 0 aliphatic carbocycles. The second-order valence-electron chi connectivity index (χ2n) is 6.23. The van der Waals surface area contributed by atoms with E-state index in [1.54, 1.807) is 12.1 Å². The fourth-order valence-corrected chi connectivity index (χ4v) is 3.10. The molecule has 1 aromatic heterocycles. The highest BCUT2D eigenvalue weighted by Crippen LogP contribution is 2.22. The minimum Gasteiger partial charge on any atom is -0.478 e. The van der Waals surface area contributed by atoms with Crippen LogP contribution < -0.4 is 4.90 Å². The molecule has 25 heavy (non-hydrogen) atoms. The molecule has 3 aromatic rings. The molecule has 1 aliphatic rings. The molecule has 0 unspecified atom stereocenters. The first-order chi connectivity index (χ1) is 12.2. The zero-order valence-corrected chi connectivity index (χ0v) is 13.8. The van der Waals surface area contributed by atoms with Gasteiger partial charge in [-0.25, -0.2) is 4.79 Å². The van der Waals surface area contributed by atoms with Crippen molar-refractivity contribution in [3.05, 3.63) is 59.7 Å². The van der Waals surface area contributed by atoms with E-state index in [-0.39, 0.29) is 0 Å². The predicted octanol–water partition coefficient (Wildman–Crippen LogP) is 2.85. The minimum atomic E-state index is -0.890. The summed E-state index contributed by atoms with van der Waals surface area (Å²) in [4.78, 5) is 20.0. The Morgan fingerprint density at radius 3 is 2.44 bits per heavy atom. The van der Waals surface area contributed by atoms with Crippen molar-refractivity contribution in [2.75, 3.05) is 31.1 Å². The summed E-state index contributed by atoms with van der Waals surface area (Å²) in [5.74, 6) is -0.890. The summed E-state index contributed by atoms with van der Waals surface area (Å²) in [5.41, 5.74) is 3.15. The van der Waals surface area contributed by atoms with Crippen LogP contribution in [0.25, 0.3) is 11.1 Å². The topological polar surface area (TPSA) is 69.8 Å². The molecule has 2 heterocycles. The first kappa shape index (κ1) is 15.7. The monoisotopic (exact) mass is 337 g/mol. The highest BCUT2D eigenvalue weighted by atomic mass is 16.4. The second kappa shape index (κ2) is 6.57. The smallest absolute Gasteiger partial charge is 0.335 e. The Hall–Kier alpha value is -2.86. The SMILES string of the molecule is O=C(O)c1ccc(CN2CCN(c3nc4ccccc4o3)CC2)cc1. The average Bonchev–Trinajstić information content (AvgIpc) is 3.07. The van der Waals surface area contributed by atoms with Gasteiger partial charge >= 0.3 is 5.97 Å². The molecule has 1 fully saturated rings. The predicted molar refractivity (Wildman–Crippen MR) is 94.9 cm³/mol. The van der Waals surface area contributed by atoms with Crippen LogP contribution in [0.3, 0.4) is 0 Å². The number of piperazine rings is 1. The van der Waals surface area contributed by atoms with Gasteiger partial charge in [-0.1, -0.05) is 24.3 Å². The maximum Gasteiger partial charge on any atom is 0.335 e. The lowest BCUT2D eigenvalue weighted by Gasteiger charge is -2.33. The minimum absolute atomic E-state index is 0.324. The van der Waals surface area contributed by atoms with Gasteiger partial charge in [0.1, 0.15) is 5.52 Å². The lowest BCUT2D eigenvalue weighted by molar-refractivity contribution is 0.0697. The standard InChI is InChI=1S/C19H19N3O3/c23-18(24)15-7-5-14(6-8-15)13-21-9-11-22(12-10-21)19-20-16-3-1-2-4-17(16)25-19/h1-8H,9-13H2,(H,23,24). The van der Waals surface area contributed by atoms with Gasteiger partial charge in [0.2, 0.25) is 0 Å². The van der Waals surface area contributed by atoms with E-state index in [1.165, 1.54) is 0 Å². The summed E-state index contributed by atoms with van der Waals surface area (Å²) >= 11 is 0. The normalized spacial score (nSPS) is 15.6. The Morgan fingerprint density at radius 2 is 1.76 bits per heavy atom. The molecule has 4 rings (SSSR count). The Morgan fingerprint density at radius 1 is 1.04 bits per heavy atom. The molecule has 1 aliphatic heterocycles. The number of benzene rings is 2.